The summed E-state index contributed by atoms with van der Waals surface area (Å²) in [4.78, 5) is 24.1. The molecule has 0 radical (unpaired) electrons. The van der Waals surface area contributed by atoms with Gasteiger partial charge < -0.3 is 14.6 Å². The highest BCUT2D eigenvalue weighted by Gasteiger charge is 2.16. The zero-order valence-corrected chi connectivity index (χ0v) is 26.6. The molecular weight excluding hydrogens is 500 g/mol. The smallest absolute Gasteiger partial charge is 0.306 e. The molecule has 0 aliphatic carbocycles. The fraction of sp³-hybridized carbons (Fsp3) is 0.886. The molecule has 0 saturated carbocycles. The van der Waals surface area contributed by atoms with Gasteiger partial charge in [-0.3, -0.25) is 9.59 Å². The number of hydrogen-bond acceptors (Lipinski definition) is 5. The van der Waals surface area contributed by atoms with Gasteiger partial charge in [0.15, 0.2) is 6.10 Å². The Morgan fingerprint density at radius 1 is 0.550 bits per heavy atom. The molecule has 0 aliphatic rings. The minimum atomic E-state index is -0.764. The lowest BCUT2D eigenvalue weighted by atomic mass is 10.1. The van der Waals surface area contributed by atoms with Crippen LogP contribution in [-0.2, 0) is 19.1 Å². The number of aliphatic hydroxyl groups excluding tert-OH is 1. The molecule has 0 fully saturated rings. The van der Waals surface area contributed by atoms with Crippen LogP contribution in [0.2, 0.25) is 0 Å². The van der Waals surface area contributed by atoms with Crippen molar-refractivity contribution in [3.05, 3.63) is 12.2 Å². The molecule has 0 rings (SSSR count). The van der Waals surface area contributed by atoms with Gasteiger partial charge in [0.05, 0.1) is 6.61 Å². The Bertz CT molecular complexity index is 574. The molecule has 5 nitrogen and oxygen atoms in total. The minimum Gasteiger partial charge on any atom is -0.462 e. The molecular formula is C35H66O5. The summed E-state index contributed by atoms with van der Waals surface area (Å²) in [5.74, 6) is -0.592. The first-order valence-corrected chi connectivity index (χ1v) is 17.2. The Morgan fingerprint density at radius 2 is 0.925 bits per heavy atom. The quantitative estimate of drug-likeness (QED) is 0.0513. The van der Waals surface area contributed by atoms with Crippen LogP contribution in [0.15, 0.2) is 12.2 Å². The van der Waals surface area contributed by atoms with Gasteiger partial charge in [-0.15, -0.1) is 0 Å². The van der Waals surface area contributed by atoms with Crippen LogP contribution in [0.5, 0.6) is 0 Å². The SMILES string of the molecule is CCCCCCC=CCCCCCCCCCC(=O)OC[C@H](CO)OC(=O)CCCCCCCCCCCCC. The van der Waals surface area contributed by atoms with Gasteiger partial charge in [0.1, 0.15) is 6.61 Å². The van der Waals surface area contributed by atoms with E-state index in [4.69, 9.17) is 9.47 Å². The molecule has 1 N–H and O–H groups in total. The summed E-state index contributed by atoms with van der Waals surface area (Å²) in [6.45, 7) is 4.11. The summed E-state index contributed by atoms with van der Waals surface area (Å²) < 4.78 is 10.5. The Labute approximate surface area is 248 Å². The number of allylic oxidation sites excluding steroid dienone is 2. The van der Waals surface area contributed by atoms with E-state index in [9.17, 15) is 14.7 Å². The molecule has 0 amide bonds. The van der Waals surface area contributed by atoms with Crippen molar-refractivity contribution >= 4 is 11.9 Å². The monoisotopic (exact) mass is 566 g/mol. The number of unbranched alkanes of at least 4 members (excludes halogenated alkanes) is 21. The van der Waals surface area contributed by atoms with Gasteiger partial charge in [0.2, 0.25) is 0 Å². The Morgan fingerprint density at radius 3 is 1.38 bits per heavy atom. The third-order valence-electron chi connectivity index (χ3n) is 7.56. The maximum absolute atomic E-state index is 12.1. The van der Waals surface area contributed by atoms with Gasteiger partial charge in [0.25, 0.3) is 0 Å². The number of ether oxygens (including phenoxy) is 2. The van der Waals surface area contributed by atoms with E-state index < -0.39 is 6.10 Å². The van der Waals surface area contributed by atoms with Crippen molar-refractivity contribution in [2.75, 3.05) is 13.2 Å². The third-order valence-corrected chi connectivity index (χ3v) is 7.56. The second-order valence-corrected chi connectivity index (χ2v) is 11.6. The number of rotatable bonds is 31. The fourth-order valence-corrected chi connectivity index (χ4v) is 4.90. The topological polar surface area (TPSA) is 72.8 Å². The molecule has 0 aliphatic heterocycles. The predicted molar refractivity (Wildman–Crippen MR) is 168 cm³/mol. The van der Waals surface area contributed by atoms with Crippen LogP contribution in [0.4, 0.5) is 0 Å². The molecule has 0 unspecified atom stereocenters. The zero-order chi connectivity index (χ0) is 29.4. The molecule has 236 valence electrons. The van der Waals surface area contributed by atoms with Gasteiger partial charge in [0, 0.05) is 12.8 Å². The van der Waals surface area contributed by atoms with Crippen LogP contribution in [0.25, 0.3) is 0 Å². The summed E-state index contributed by atoms with van der Waals surface area (Å²) in [6.07, 6.45) is 34.0. The second-order valence-electron chi connectivity index (χ2n) is 11.6. The lowest BCUT2D eigenvalue weighted by Crippen LogP contribution is -2.28. The predicted octanol–water partition coefficient (Wildman–Crippen LogP) is 10.2. The standard InChI is InChI=1S/C35H66O5/c1-3-5-7-9-11-13-15-16-17-18-20-21-23-25-27-29-34(37)39-32-33(31-36)40-35(38)30-28-26-24-22-19-14-12-10-8-6-4-2/h13,15,33,36H,3-12,14,16-32H2,1-2H3/t33-/m0/s1. The number of aliphatic hydroxyl groups is 1. The normalized spacial score (nSPS) is 12.2. The largest absolute Gasteiger partial charge is 0.462 e. The van der Waals surface area contributed by atoms with Crippen LogP contribution < -0.4 is 0 Å². The second kappa shape index (κ2) is 32.2. The highest BCUT2D eigenvalue weighted by atomic mass is 16.6. The van der Waals surface area contributed by atoms with Gasteiger partial charge in [-0.05, 0) is 38.5 Å². The number of esters is 2. The minimum absolute atomic E-state index is 0.0630. The Kier molecular flexibility index (Phi) is 31.1. The summed E-state index contributed by atoms with van der Waals surface area (Å²) in [5, 5.41) is 9.49. The first-order chi connectivity index (χ1) is 19.6. The lowest BCUT2D eigenvalue weighted by molar-refractivity contribution is -0.161. The van der Waals surface area contributed by atoms with E-state index in [0.29, 0.717) is 12.8 Å². The van der Waals surface area contributed by atoms with Crippen molar-refractivity contribution in [1.29, 1.82) is 0 Å². The van der Waals surface area contributed by atoms with Crippen LogP contribution in [0.3, 0.4) is 0 Å². The van der Waals surface area contributed by atoms with Crippen molar-refractivity contribution in [1.82, 2.24) is 0 Å². The first-order valence-electron chi connectivity index (χ1n) is 17.2. The molecule has 40 heavy (non-hydrogen) atoms. The zero-order valence-electron chi connectivity index (χ0n) is 26.6. The van der Waals surface area contributed by atoms with Crippen molar-refractivity contribution in [2.45, 2.75) is 187 Å². The lowest BCUT2D eigenvalue weighted by Gasteiger charge is -2.15. The third kappa shape index (κ3) is 29.6. The van der Waals surface area contributed by atoms with Crippen molar-refractivity contribution in [3.63, 3.8) is 0 Å². The molecule has 0 heterocycles. The molecule has 0 saturated heterocycles. The first kappa shape index (κ1) is 38.6. The van der Waals surface area contributed by atoms with E-state index in [1.165, 1.54) is 116 Å². The fourth-order valence-electron chi connectivity index (χ4n) is 4.90. The Hall–Kier alpha value is -1.36. The van der Waals surface area contributed by atoms with Gasteiger partial charge in [-0.2, -0.15) is 0 Å². The summed E-state index contributed by atoms with van der Waals surface area (Å²) in [7, 11) is 0. The summed E-state index contributed by atoms with van der Waals surface area (Å²) >= 11 is 0. The van der Waals surface area contributed by atoms with E-state index in [2.05, 4.69) is 26.0 Å². The van der Waals surface area contributed by atoms with E-state index in [-0.39, 0.29) is 25.2 Å². The van der Waals surface area contributed by atoms with Gasteiger partial charge in [-0.25, -0.2) is 0 Å². The highest BCUT2D eigenvalue weighted by Crippen LogP contribution is 2.13. The van der Waals surface area contributed by atoms with Gasteiger partial charge >= 0.3 is 11.9 Å². The van der Waals surface area contributed by atoms with E-state index in [1.807, 2.05) is 0 Å². The maximum atomic E-state index is 12.1. The molecule has 0 bridgehead atoms. The van der Waals surface area contributed by atoms with Crippen LogP contribution in [0, 0.1) is 0 Å². The number of hydrogen-bond donors (Lipinski definition) is 1. The van der Waals surface area contributed by atoms with Crippen molar-refractivity contribution in [2.24, 2.45) is 0 Å². The van der Waals surface area contributed by atoms with Crippen LogP contribution in [-0.4, -0.2) is 36.4 Å². The molecule has 5 heteroatoms. The number of carbonyl (C=O) groups is 2. The summed E-state index contributed by atoms with van der Waals surface area (Å²) in [6, 6.07) is 0. The van der Waals surface area contributed by atoms with Gasteiger partial charge in [-0.1, -0.05) is 142 Å². The van der Waals surface area contributed by atoms with E-state index in [0.717, 1.165) is 38.5 Å². The molecule has 0 aromatic rings. The van der Waals surface area contributed by atoms with E-state index in [1.54, 1.807) is 0 Å². The van der Waals surface area contributed by atoms with Crippen molar-refractivity contribution < 1.29 is 24.2 Å². The molecule has 1 atom stereocenters. The Balaban J connectivity index is 3.55. The molecule has 0 aromatic carbocycles. The average molecular weight is 567 g/mol. The molecule has 0 aromatic heterocycles. The summed E-state index contributed by atoms with van der Waals surface area (Å²) in [5.41, 5.74) is 0. The van der Waals surface area contributed by atoms with E-state index >= 15 is 0 Å². The highest BCUT2D eigenvalue weighted by molar-refractivity contribution is 5.70. The van der Waals surface area contributed by atoms with Crippen LogP contribution >= 0.6 is 0 Å². The molecule has 0 spiro atoms. The van der Waals surface area contributed by atoms with Crippen molar-refractivity contribution in [3.8, 4) is 0 Å². The average Bonchev–Trinajstić information content (AvgIpc) is 2.96. The number of carbonyl (C=O) groups excluding carboxylic acids is 2. The maximum Gasteiger partial charge on any atom is 0.306 e. The van der Waals surface area contributed by atoms with Crippen LogP contribution in [0.1, 0.15) is 181 Å².